The number of aliphatic hydroxyl groups excluding tert-OH is 1. The van der Waals surface area contributed by atoms with Crippen molar-refractivity contribution in [3.63, 3.8) is 0 Å². The third kappa shape index (κ3) is 3.90. The van der Waals surface area contributed by atoms with Crippen LogP contribution in [0.4, 0.5) is 22.7 Å². The molecule has 0 saturated carbocycles. The van der Waals surface area contributed by atoms with Gasteiger partial charge < -0.3 is 15.7 Å². The fraction of sp³-hybridized carbons (Fsp3) is 0.0909. The van der Waals surface area contributed by atoms with Crippen LogP contribution < -0.4 is 21.8 Å². The van der Waals surface area contributed by atoms with Gasteiger partial charge in [0.25, 0.3) is 11.1 Å². The minimum absolute atomic E-state index is 0.0233. The lowest BCUT2D eigenvalue weighted by molar-refractivity contribution is 0.266. The first-order chi connectivity index (χ1) is 14.2. The highest BCUT2D eigenvalue weighted by molar-refractivity contribution is 5.93. The lowest BCUT2D eigenvalue weighted by Gasteiger charge is -2.16. The highest BCUT2D eigenvalue weighted by Crippen LogP contribution is 2.31. The lowest BCUT2D eigenvalue weighted by Crippen LogP contribution is -2.31. The number of hydrogen-bond donors (Lipinski definition) is 4. The Kier molecular flexibility index (Phi) is 5.13. The molecule has 0 amide bonds. The summed E-state index contributed by atoms with van der Waals surface area (Å²) in [6, 6.07) is 22.5. The number of H-pyrrole nitrogens is 1. The van der Waals surface area contributed by atoms with Crippen LogP contribution in [0, 0.1) is 0 Å². The Morgan fingerprint density at radius 2 is 1.31 bits per heavy atom. The first kappa shape index (κ1) is 18.5. The molecule has 0 bridgehead atoms. The van der Waals surface area contributed by atoms with E-state index in [4.69, 9.17) is 5.11 Å². The summed E-state index contributed by atoms with van der Waals surface area (Å²) >= 11 is 0. The largest absolute Gasteiger partial charge is 0.394 e. The van der Waals surface area contributed by atoms with Crippen molar-refractivity contribution in [2.24, 2.45) is 0 Å². The third-order valence-corrected chi connectivity index (χ3v) is 4.54. The topological polar surface area (TPSA) is 99.2 Å². The standard InChI is InChI=1S/C22H20N4O3/c27-12-11-26-22(29)18-14-20(24-16-9-5-2-6-10-16)19(13-17(18)21(28)25-26)23-15-7-3-1-4-8-15/h1-10,13-14,23-24,27H,11-12H2,(H,25,28). The van der Waals surface area contributed by atoms with Crippen LogP contribution in [0.25, 0.3) is 10.8 Å². The number of aromatic nitrogens is 2. The minimum atomic E-state index is -0.393. The molecule has 0 spiro atoms. The van der Waals surface area contributed by atoms with Crippen molar-refractivity contribution in [1.82, 2.24) is 9.78 Å². The molecule has 0 atom stereocenters. The second-order valence-corrected chi connectivity index (χ2v) is 6.55. The zero-order chi connectivity index (χ0) is 20.2. The SMILES string of the molecule is O=c1[nH]n(CCO)c(=O)c2cc(Nc3ccccc3)c(Nc3ccccc3)cc12. The zero-order valence-electron chi connectivity index (χ0n) is 15.6. The number of nitrogens with one attached hydrogen (secondary N) is 3. The zero-order valence-corrected chi connectivity index (χ0v) is 15.6. The predicted molar refractivity (Wildman–Crippen MR) is 115 cm³/mol. The van der Waals surface area contributed by atoms with E-state index in [1.54, 1.807) is 12.1 Å². The molecule has 146 valence electrons. The Hall–Kier alpha value is -3.84. The van der Waals surface area contributed by atoms with Gasteiger partial charge in [0, 0.05) is 11.4 Å². The highest BCUT2D eigenvalue weighted by atomic mass is 16.3. The minimum Gasteiger partial charge on any atom is -0.394 e. The maximum absolute atomic E-state index is 12.8. The van der Waals surface area contributed by atoms with Crippen LogP contribution in [0.5, 0.6) is 0 Å². The van der Waals surface area contributed by atoms with Crippen LogP contribution in [0.3, 0.4) is 0 Å². The van der Waals surface area contributed by atoms with Gasteiger partial charge in [0.1, 0.15) is 0 Å². The monoisotopic (exact) mass is 388 g/mol. The predicted octanol–water partition coefficient (Wildman–Crippen LogP) is 3.17. The van der Waals surface area contributed by atoms with Crippen LogP contribution in [0.2, 0.25) is 0 Å². The smallest absolute Gasteiger partial charge is 0.273 e. The van der Waals surface area contributed by atoms with Crippen molar-refractivity contribution in [2.45, 2.75) is 6.54 Å². The molecule has 1 aromatic heterocycles. The first-order valence-corrected chi connectivity index (χ1v) is 9.21. The molecular formula is C22H20N4O3. The van der Waals surface area contributed by atoms with Gasteiger partial charge >= 0.3 is 0 Å². The van der Waals surface area contributed by atoms with Gasteiger partial charge in [-0.05, 0) is 36.4 Å². The molecule has 0 saturated heterocycles. The van der Waals surface area contributed by atoms with E-state index in [1.807, 2.05) is 60.7 Å². The summed E-state index contributed by atoms with van der Waals surface area (Å²) in [4.78, 5) is 25.3. The number of anilines is 4. The van der Waals surface area contributed by atoms with Crippen molar-refractivity contribution in [3.8, 4) is 0 Å². The van der Waals surface area contributed by atoms with Crippen LogP contribution in [-0.4, -0.2) is 21.5 Å². The number of aliphatic hydroxyl groups is 1. The summed E-state index contributed by atoms with van der Waals surface area (Å²) in [5, 5.41) is 18.9. The Morgan fingerprint density at radius 1 is 0.793 bits per heavy atom. The normalized spacial score (nSPS) is 10.8. The van der Waals surface area contributed by atoms with Gasteiger partial charge in [0.05, 0.1) is 35.3 Å². The number of benzene rings is 3. The summed E-state index contributed by atoms with van der Waals surface area (Å²) in [5.41, 5.74) is 2.27. The molecule has 29 heavy (non-hydrogen) atoms. The Labute approximate surface area is 166 Å². The maximum atomic E-state index is 12.8. The van der Waals surface area contributed by atoms with Crippen LogP contribution in [0.15, 0.2) is 82.4 Å². The van der Waals surface area contributed by atoms with E-state index < -0.39 is 5.56 Å². The van der Waals surface area contributed by atoms with Crippen LogP contribution in [-0.2, 0) is 6.54 Å². The maximum Gasteiger partial charge on any atom is 0.273 e. The fourth-order valence-corrected chi connectivity index (χ4v) is 3.16. The van der Waals surface area contributed by atoms with Gasteiger partial charge in [-0.25, -0.2) is 4.68 Å². The number of aromatic amines is 1. The average Bonchev–Trinajstić information content (AvgIpc) is 2.74. The van der Waals surface area contributed by atoms with Crippen molar-refractivity contribution in [3.05, 3.63) is 93.5 Å². The van der Waals surface area contributed by atoms with Gasteiger partial charge in [-0.1, -0.05) is 36.4 Å². The summed E-state index contributed by atoms with van der Waals surface area (Å²) in [5.74, 6) is 0. The Bertz CT molecular complexity index is 1250. The van der Waals surface area contributed by atoms with Gasteiger partial charge in [-0.3, -0.25) is 14.7 Å². The quantitative estimate of drug-likeness (QED) is 0.407. The van der Waals surface area contributed by atoms with Gasteiger partial charge in [0.2, 0.25) is 0 Å². The van der Waals surface area contributed by atoms with E-state index in [0.717, 1.165) is 16.1 Å². The summed E-state index contributed by atoms with van der Waals surface area (Å²) in [6.07, 6.45) is 0. The molecule has 4 aromatic rings. The van der Waals surface area contributed by atoms with Crippen LogP contribution >= 0.6 is 0 Å². The molecule has 3 aromatic carbocycles. The Balaban J connectivity index is 1.90. The number of fused-ring (bicyclic) bond motifs is 1. The van der Waals surface area contributed by atoms with E-state index in [2.05, 4.69) is 15.7 Å². The summed E-state index contributed by atoms with van der Waals surface area (Å²) in [7, 11) is 0. The molecule has 7 nitrogen and oxygen atoms in total. The molecule has 4 rings (SSSR count). The lowest BCUT2D eigenvalue weighted by atomic mass is 10.1. The number of rotatable bonds is 6. The average molecular weight is 388 g/mol. The van der Waals surface area contributed by atoms with E-state index in [0.29, 0.717) is 11.4 Å². The third-order valence-electron chi connectivity index (χ3n) is 4.54. The van der Waals surface area contributed by atoms with E-state index in [1.165, 1.54) is 0 Å². The molecule has 0 aliphatic carbocycles. The summed E-state index contributed by atoms with van der Waals surface area (Å²) < 4.78 is 1.13. The molecule has 4 N–H and O–H groups in total. The van der Waals surface area contributed by atoms with Gasteiger partial charge in [-0.2, -0.15) is 0 Å². The summed E-state index contributed by atoms with van der Waals surface area (Å²) in [6.45, 7) is -0.223. The van der Waals surface area contributed by atoms with Crippen molar-refractivity contribution < 1.29 is 5.11 Å². The van der Waals surface area contributed by atoms with Gasteiger partial charge in [-0.15, -0.1) is 0 Å². The van der Waals surface area contributed by atoms with Gasteiger partial charge in [0.15, 0.2) is 0 Å². The molecular weight excluding hydrogens is 368 g/mol. The van der Waals surface area contributed by atoms with Crippen molar-refractivity contribution in [1.29, 1.82) is 0 Å². The van der Waals surface area contributed by atoms with Crippen molar-refractivity contribution in [2.75, 3.05) is 17.2 Å². The fourth-order valence-electron chi connectivity index (χ4n) is 3.16. The molecule has 0 radical (unpaired) electrons. The molecule has 0 unspecified atom stereocenters. The van der Waals surface area contributed by atoms with E-state index >= 15 is 0 Å². The molecule has 7 heteroatoms. The van der Waals surface area contributed by atoms with E-state index in [-0.39, 0.29) is 29.5 Å². The molecule has 0 aliphatic rings. The number of para-hydroxylation sites is 2. The molecule has 1 heterocycles. The second-order valence-electron chi connectivity index (χ2n) is 6.55. The molecule has 0 aliphatic heterocycles. The second kappa shape index (κ2) is 8.04. The number of nitrogens with zero attached hydrogens (tertiary/aromatic N) is 1. The highest BCUT2D eigenvalue weighted by Gasteiger charge is 2.13. The van der Waals surface area contributed by atoms with Crippen LogP contribution in [0.1, 0.15) is 0 Å². The van der Waals surface area contributed by atoms with E-state index in [9.17, 15) is 9.59 Å². The Morgan fingerprint density at radius 3 is 1.83 bits per heavy atom. The number of hydrogen-bond acceptors (Lipinski definition) is 5. The van der Waals surface area contributed by atoms with Crippen molar-refractivity contribution >= 4 is 33.5 Å². The first-order valence-electron chi connectivity index (χ1n) is 9.21. The molecule has 0 fully saturated rings.